The first-order valence-electron chi connectivity index (χ1n) is 4.15. The Morgan fingerprint density at radius 3 is 2.43 bits per heavy atom. The highest BCUT2D eigenvalue weighted by Gasteiger charge is 2.11. The van der Waals surface area contributed by atoms with E-state index in [1.807, 2.05) is 0 Å². The van der Waals surface area contributed by atoms with Crippen molar-refractivity contribution >= 4 is 27.5 Å². The van der Waals surface area contributed by atoms with Crippen LogP contribution < -0.4 is 5.73 Å². The van der Waals surface area contributed by atoms with Crippen molar-refractivity contribution in [3.05, 3.63) is 0 Å². The lowest BCUT2D eigenvalue weighted by Gasteiger charge is -2.01. The van der Waals surface area contributed by atoms with E-state index in [4.69, 9.17) is 10.8 Å². The highest BCUT2D eigenvalue weighted by atomic mass is 32.2. The molecule has 0 bridgehead atoms. The monoisotopic (exact) mass is 241 g/mol. The Balaban J connectivity index is 3.67. The average Bonchev–Trinajstić information content (AvgIpc) is 2.10. The van der Waals surface area contributed by atoms with Crippen molar-refractivity contribution in [2.45, 2.75) is 6.42 Å². The number of carbonyl (C=O) groups excluding carboxylic acids is 1. The summed E-state index contributed by atoms with van der Waals surface area (Å²) in [6, 6.07) is 0. The third-order valence-corrected chi connectivity index (χ3v) is 4.31. The first kappa shape index (κ1) is 13.7. The number of hydrogen-bond donors (Lipinski definition) is 2. The van der Waals surface area contributed by atoms with Crippen LogP contribution in [-0.4, -0.2) is 49.0 Å². The van der Waals surface area contributed by atoms with E-state index in [1.54, 1.807) is 0 Å². The van der Waals surface area contributed by atoms with Crippen LogP contribution in [0.5, 0.6) is 0 Å². The highest BCUT2D eigenvalue weighted by Crippen LogP contribution is 2.02. The SMILES string of the molecule is NC(=O)CCS(=O)(=O)CCSCCO. The van der Waals surface area contributed by atoms with Gasteiger partial charge in [0.25, 0.3) is 0 Å². The number of sulfone groups is 1. The van der Waals surface area contributed by atoms with Gasteiger partial charge in [0, 0.05) is 17.9 Å². The van der Waals surface area contributed by atoms with Gasteiger partial charge in [0.15, 0.2) is 9.84 Å². The van der Waals surface area contributed by atoms with Crippen LogP contribution in [-0.2, 0) is 14.6 Å². The van der Waals surface area contributed by atoms with Crippen molar-refractivity contribution in [1.29, 1.82) is 0 Å². The first-order chi connectivity index (χ1) is 6.48. The summed E-state index contributed by atoms with van der Waals surface area (Å²) in [6.07, 6.45) is -0.118. The van der Waals surface area contributed by atoms with Gasteiger partial charge in [-0.25, -0.2) is 8.42 Å². The van der Waals surface area contributed by atoms with E-state index in [-0.39, 0.29) is 24.5 Å². The lowest BCUT2D eigenvalue weighted by atomic mass is 10.5. The van der Waals surface area contributed by atoms with E-state index in [9.17, 15) is 13.2 Å². The molecule has 1 amide bonds. The lowest BCUT2D eigenvalue weighted by molar-refractivity contribution is -0.117. The van der Waals surface area contributed by atoms with Crippen molar-refractivity contribution < 1.29 is 18.3 Å². The second-order valence-corrected chi connectivity index (χ2v) is 6.23. The van der Waals surface area contributed by atoms with Crippen LogP contribution in [0, 0.1) is 0 Å². The minimum absolute atomic E-state index is 0.0327. The molecule has 0 rings (SSSR count). The van der Waals surface area contributed by atoms with Crippen LogP contribution in [0.25, 0.3) is 0 Å². The van der Waals surface area contributed by atoms with Crippen molar-refractivity contribution in [3.8, 4) is 0 Å². The van der Waals surface area contributed by atoms with E-state index in [2.05, 4.69) is 0 Å². The smallest absolute Gasteiger partial charge is 0.218 e. The number of amides is 1. The van der Waals surface area contributed by atoms with Gasteiger partial charge in [-0.05, 0) is 0 Å². The number of aliphatic hydroxyl groups is 1. The Morgan fingerprint density at radius 2 is 1.93 bits per heavy atom. The van der Waals surface area contributed by atoms with E-state index in [0.717, 1.165) is 0 Å². The molecule has 0 unspecified atom stereocenters. The minimum atomic E-state index is -3.16. The normalized spacial score (nSPS) is 11.5. The average molecular weight is 241 g/mol. The van der Waals surface area contributed by atoms with E-state index < -0.39 is 15.7 Å². The predicted molar refractivity (Wildman–Crippen MR) is 56.9 cm³/mol. The molecule has 0 atom stereocenters. The summed E-state index contributed by atoms with van der Waals surface area (Å²) in [4.78, 5) is 10.3. The highest BCUT2D eigenvalue weighted by molar-refractivity contribution is 8.00. The summed E-state index contributed by atoms with van der Waals surface area (Å²) in [5, 5.41) is 8.44. The van der Waals surface area contributed by atoms with E-state index >= 15 is 0 Å². The molecule has 0 saturated heterocycles. The molecule has 5 nitrogen and oxygen atoms in total. The number of primary amides is 1. The molecule has 3 N–H and O–H groups in total. The summed E-state index contributed by atoms with van der Waals surface area (Å²) in [7, 11) is -3.16. The van der Waals surface area contributed by atoms with Crippen LogP contribution in [0.2, 0.25) is 0 Å². The minimum Gasteiger partial charge on any atom is -0.396 e. The van der Waals surface area contributed by atoms with Gasteiger partial charge in [-0.3, -0.25) is 4.79 Å². The van der Waals surface area contributed by atoms with Gasteiger partial charge in [-0.15, -0.1) is 0 Å². The summed E-state index contributed by atoms with van der Waals surface area (Å²) < 4.78 is 22.4. The molecule has 0 aliphatic carbocycles. The Labute approximate surface area is 88.0 Å². The summed E-state index contributed by atoms with van der Waals surface area (Å²) >= 11 is 1.37. The van der Waals surface area contributed by atoms with Gasteiger partial charge in [-0.1, -0.05) is 0 Å². The van der Waals surface area contributed by atoms with Crippen molar-refractivity contribution in [3.63, 3.8) is 0 Å². The fraction of sp³-hybridized carbons (Fsp3) is 0.857. The largest absolute Gasteiger partial charge is 0.396 e. The molecule has 84 valence electrons. The van der Waals surface area contributed by atoms with Crippen molar-refractivity contribution in [2.75, 3.05) is 29.6 Å². The quantitative estimate of drug-likeness (QED) is 0.531. The van der Waals surface area contributed by atoms with Gasteiger partial charge in [0.2, 0.25) is 5.91 Å². The number of aliphatic hydroxyl groups excluding tert-OH is 1. The maximum atomic E-state index is 11.2. The second kappa shape index (κ2) is 7.08. The van der Waals surface area contributed by atoms with Gasteiger partial charge in [0.05, 0.1) is 18.1 Å². The molecular weight excluding hydrogens is 226 g/mol. The Bertz CT molecular complexity index is 263. The van der Waals surface area contributed by atoms with Crippen molar-refractivity contribution in [2.24, 2.45) is 5.73 Å². The van der Waals surface area contributed by atoms with Crippen LogP contribution in [0.15, 0.2) is 0 Å². The molecule has 0 aliphatic heterocycles. The molecule has 0 fully saturated rings. The maximum Gasteiger partial charge on any atom is 0.218 e. The number of rotatable bonds is 8. The number of nitrogens with two attached hydrogens (primary N) is 1. The molecule has 0 aromatic carbocycles. The second-order valence-electron chi connectivity index (χ2n) is 2.70. The molecule has 0 saturated carbocycles. The maximum absolute atomic E-state index is 11.2. The molecule has 0 aliphatic rings. The third kappa shape index (κ3) is 8.33. The molecule has 0 heterocycles. The molecule has 0 aromatic rings. The molecule has 0 aromatic heterocycles. The summed E-state index contributed by atoms with van der Waals surface area (Å²) in [5.74, 6) is 0.233. The van der Waals surface area contributed by atoms with E-state index in [1.165, 1.54) is 11.8 Å². The Hall–Kier alpha value is -0.270. The zero-order valence-corrected chi connectivity index (χ0v) is 9.44. The van der Waals surface area contributed by atoms with Crippen molar-refractivity contribution in [1.82, 2.24) is 0 Å². The number of hydrogen-bond acceptors (Lipinski definition) is 5. The van der Waals surface area contributed by atoms with E-state index in [0.29, 0.717) is 11.5 Å². The zero-order chi connectivity index (χ0) is 11.0. The Morgan fingerprint density at radius 1 is 1.29 bits per heavy atom. The van der Waals surface area contributed by atoms with Gasteiger partial charge in [0.1, 0.15) is 0 Å². The van der Waals surface area contributed by atoms with Crippen LogP contribution >= 0.6 is 11.8 Å². The van der Waals surface area contributed by atoms with Crippen LogP contribution in [0.4, 0.5) is 0 Å². The lowest BCUT2D eigenvalue weighted by Crippen LogP contribution is -2.19. The molecule has 14 heavy (non-hydrogen) atoms. The topological polar surface area (TPSA) is 97.5 Å². The standard InChI is InChI=1S/C7H15NO4S2/c8-7(10)1-5-14(11,12)6-4-13-3-2-9/h9H,1-6H2,(H2,8,10). The molecule has 7 heteroatoms. The fourth-order valence-electron chi connectivity index (χ4n) is 0.711. The number of carbonyl (C=O) groups is 1. The van der Waals surface area contributed by atoms with Gasteiger partial charge >= 0.3 is 0 Å². The Kier molecular flexibility index (Phi) is 6.94. The van der Waals surface area contributed by atoms with Crippen LogP contribution in [0.3, 0.4) is 0 Å². The van der Waals surface area contributed by atoms with Crippen LogP contribution in [0.1, 0.15) is 6.42 Å². The fourth-order valence-corrected chi connectivity index (χ4v) is 3.25. The number of thioether (sulfide) groups is 1. The third-order valence-electron chi connectivity index (χ3n) is 1.43. The predicted octanol–water partition coefficient (Wildman–Crippen LogP) is -0.998. The van der Waals surface area contributed by atoms with Gasteiger partial charge in [-0.2, -0.15) is 11.8 Å². The first-order valence-corrected chi connectivity index (χ1v) is 7.13. The molecule has 0 spiro atoms. The zero-order valence-electron chi connectivity index (χ0n) is 7.81. The summed E-state index contributed by atoms with van der Waals surface area (Å²) in [6.45, 7) is 0.0476. The van der Waals surface area contributed by atoms with Gasteiger partial charge < -0.3 is 10.8 Å². The summed E-state index contributed by atoms with van der Waals surface area (Å²) in [5.41, 5.74) is 4.83. The molecule has 0 radical (unpaired) electrons. The molecular formula is C7H15NO4S2.